The monoisotopic (exact) mass is 416 g/mol. The number of aromatic nitrogens is 4. The Balaban J connectivity index is 1.72. The first-order valence-electron chi connectivity index (χ1n) is 9.90. The molecule has 3 rings (SSSR count). The van der Waals surface area contributed by atoms with Crippen LogP contribution in [-0.2, 0) is 11.3 Å². The lowest BCUT2D eigenvalue weighted by molar-refractivity contribution is -0.131. The Bertz CT molecular complexity index is 901. The summed E-state index contributed by atoms with van der Waals surface area (Å²) in [5.74, 6) is 0.643. The fourth-order valence-electron chi connectivity index (χ4n) is 3.57. The Morgan fingerprint density at radius 2 is 2.07 bits per heavy atom. The number of amides is 1. The topological polar surface area (TPSA) is 67.2 Å². The Morgan fingerprint density at radius 3 is 2.69 bits per heavy atom. The normalized spacial score (nSPS) is 18.6. The van der Waals surface area contributed by atoms with Crippen molar-refractivity contribution in [2.45, 2.75) is 52.7 Å². The largest absolute Gasteiger partial charge is 0.334 e. The molecular formula is C21H29ClN6O. The van der Waals surface area contributed by atoms with Gasteiger partial charge in [-0.1, -0.05) is 17.7 Å². The van der Waals surface area contributed by atoms with Crippen LogP contribution in [0.15, 0.2) is 24.3 Å². The van der Waals surface area contributed by atoms with Crippen molar-refractivity contribution < 1.29 is 4.79 Å². The molecule has 0 radical (unpaired) electrons. The number of tetrazole rings is 1. The van der Waals surface area contributed by atoms with E-state index in [2.05, 4.69) is 48.0 Å². The van der Waals surface area contributed by atoms with Crippen molar-refractivity contribution in [3.05, 3.63) is 46.2 Å². The van der Waals surface area contributed by atoms with Gasteiger partial charge in [-0.2, -0.15) is 4.80 Å². The molecule has 7 nitrogen and oxygen atoms in total. The van der Waals surface area contributed by atoms with E-state index in [1.807, 2.05) is 29.2 Å². The van der Waals surface area contributed by atoms with E-state index in [4.69, 9.17) is 11.6 Å². The summed E-state index contributed by atoms with van der Waals surface area (Å²) < 4.78 is 0. The second-order valence-electron chi connectivity index (χ2n) is 8.54. The fraction of sp³-hybridized carbons (Fsp3) is 0.524. The van der Waals surface area contributed by atoms with Crippen molar-refractivity contribution >= 4 is 23.6 Å². The van der Waals surface area contributed by atoms with Gasteiger partial charge in [0.15, 0.2) is 5.82 Å². The Hall–Kier alpha value is -2.25. The molecule has 1 aromatic heterocycles. The lowest BCUT2D eigenvalue weighted by Crippen LogP contribution is -2.58. The summed E-state index contributed by atoms with van der Waals surface area (Å²) in [6.45, 7) is 13.5. The standard InChI is InChI=1S/C21H29ClN6O/c1-15-13-26(21(3,4)5)10-11-27(15)20(29)9-7-17-6-8-19(22)12-18(17)14-28-24-16(2)23-25-28/h6-9,12,15H,10-11,13-14H2,1-5H3/b9-7+/t15-/m1/s1. The molecule has 0 spiro atoms. The molecular weight excluding hydrogens is 388 g/mol. The number of benzene rings is 1. The summed E-state index contributed by atoms with van der Waals surface area (Å²) in [6.07, 6.45) is 3.50. The first kappa shape index (κ1) is 21.5. The predicted octanol–water partition coefficient (Wildman–Crippen LogP) is 3.03. The Labute approximate surface area is 177 Å². The first-order valence-corrected chi connectivity index (χ1v) is 10.3. The summed E-state index contributed by atoms with van der Waals surface area (Å²) in [5, 5.41) is 12.8. The minimum Gasteiger partial charge on any atom is -0.334 e. The highest BCUT2D eigenvalue weighted by Crippen LogP contribution is 2.21. The van der Waals surface area contributed by atoms with Crippen molar-refractivity contribution in [2.75, 3.05) is 19.6 Å². The van der Waals surface area contributed by atoms with Crippen molar-refractivity contribution in [3.63, 3.8) is 0 Å². The molecule has 1 amide bonds. The molecule has 1 aromatic carbocycles. The van der Waals surface area contributed by atoms with Gasteiger partial charge < -0.3 is 4.90 Å². The summed E-state index contributed by atoms with van der Waals surface area (Å²) in [7, 11) is 0. The number of piperazine rings is 1. The Kier molecular flexibility index (Phi) is 6.39. The summed E-state index contributed by atoms with van der Waals surface area (Å²) in [4.78, 5) is 18.7. The molecule has 0 N–H and O–H groups in total. The van der Waals surface area contributed by atoms with E-state index in [0.29, 0.717) is 17.4 Å². The van der Waals surface area contributed by atoms with Gasteiger partial charge in [-0.25, -0.2) is 0 Å². The maximum absolute atomic E-state index is 12.8. The summed E-state index contributed by atoms with van der Waals surface area (Å²) >= 11 is 6.17. The third-order valence-corrected chi connectivity index (χ3v) is 5.47. The maximum Gasteiger partial charge on any atom is 0.246 e. The van der Waals surface area contributed by atoms with Crippen molar-refractivity contribution in [3.8, 4) is 0 Å². The van der Waals surface area contributed by atoms with Gasteiger partial charge in [-0.05, 0) is 69.2 Å². The number of carbonyl (C=O) groups is 1. The maximum atomic E-state index is 12.8. The van der Waals surface area contributed by atoms with Gasteiger partial charge in [0.25, 0.3) is 0 Å². The second kappa shape index (κ2) is 8.63. The molecule has 1 aliphatic heterocycles. The molecule has 2 aromatic rings. The molecule has 0 saturated carbocycles. The quantitative estimate of drug-likeness (QED) is 0.716. The number of hydrogen-bond acceptors (Lipinski definition) is 5. The van der Waals surface area contributed by atoms with Crippen LogP contribution >= 0.6 is 11.6 Å². The van der Waals surface area contributed by atoms with Gasteiger partial charge in [-0.3, -0.25) is 9.69 Å². The molecule has 2 heterocycles. The first-order chi connectivity index (χ1) is 13.6. The Morgan fingerprint density at radius 1 is 1.31 bits per heavy atom. The van der Waals surface area contributed by atoms with Crippen LogP contribution in [0.3, 0.4) is 0 Å². The molecule has 1 aliphatic rings. The number of halogens is 1. The van der Waals surface area contributed by atoms with Crippen LogP contribution in [0.2, 0.25) is 5.02 Å². The molecule has 156 valence electrons. The number of rotatable bonds is 4. The molecule has 1 atom stereocenters. The van der Waals surface area contributed by atoms with Gasteiger partial charge in [0.1, 0.15) is 0 Å². The van der Waals surface area contributed by atoms with Crippen LogP contribution in [0.4, 0.5) is 0 Å². The SMILES string of the molecule is Cc1nnn(Cc2cc(Cl)ccc2/C=C/C(=O)N2CCN(C(C)(C)C)C[C@H]2C)n1. The molecule has 1 fully saturated rings. The predicted molar refractivity (Wildman–Crippen MR) is 115 cm³/mol. The lowest BCUT2D eigenvalue weighted by Gasteiger charge is -2.45. The smallest absolute Gasteiger partial charge is 0.246 e. The zero-order valence-electron chi connectivity index (χ0n) is 17.8. The lowest BCUT2D eigenvalue weighted by atomic mass is 10.0. The van der Waals surface area contributed by atoms with Gasteiger partial charge in [0.2, 0.25) is 5.91 Å². The van der Waals surface area contributed by atoms with E-state index in [1.54, 1.807) is 13.0 Å². The minimum absolute atomic E-state index is 0.0293. The van der Waals surface area contributed by atoms with E-state index < -0.39 is 0 Å². The van der Waals surface area contributed by atoms with Crippen LogP contribution in [0.1, 0.15) is 44.6 Å². The average Bonchev–Trinajstić information content (AvgIpc) is 3.04. The molecule has 8 heteroatoms. The van der Waals surface area contributed by atoms with E-state index in [0.717, 1.165) is 30.8 Å². The third-order valence-electron chi connectivity index (χ3n) is 5.23. The average molecular weight is 417 g/mol. The van der Waals surface area contributed by atoms with E-state index in [-0.39, 0.29) is 17.5 Å². The van der Waals surface area contributed by atoms with E-state index in [9.17, 15) is 4.79 Å². The van der Waals surface area contributed by atoms with Crippen molar-refractivity contribution in [1.29, 1.82) is 0 Å². The van der Waals surface area contributed by atoms with E-state index >= 15 is 0 Å². The zero-order valence-corrected chi connectivity index (χ0v) is 18.5. The van der Waals surface area contributed by atoms with Crippen LogP contribution in [-0.4, -0.2) is 67.1 Å². The molecule has 0 bridgehead atoms. The van der Waals surface area contributed by atoms with Gasteiger partial charge in [0.05, 0.1) is 6.54 Å². The highest BCUT2D eigenvalue weighted by molar-refractivity contribution is 6.30. The van der Waals surface area contributed by atoms with Gasteiger partial charge >= 0.3 is 0 Å². The molecule has 29 heavy (non-hydrogen) atoms. The highest BCUT2D eigenvalue weighted by atomic mass is 35.5. The van der Waals surface area contributed by atoms with Crippen molar-refractivity contribution in [1.82, 2.24) is 30.0 Å². The molecule has 0 aliphatic carbocycles. The number of hydrogen-bond donors (Lipinski definition) is 0. The number of carbonyl (C=O) groups excluding carboxylic acids is 1. The van der Waals surface area contributed by atoms with Crippen molar-refractivity contribution in [2.24, 2.45) is 0 Å². The zero-order chi connectivity index (χ0) is 21.2. The fourth-order valence-corrected chi connectivity index (χ4v) is 3.76. The second-order valence-corrected chi connectivity index (χ2v) is 8.98. The van der Waals surface area contributed by atoms with Crippen LogP contribution in [0.5, 0.6) is 0 Å². The highest BCUT2D eigenvalue weighted by Gasteiger charge is 2.31. The minimum atomic E-state index is 0.0293. The molecule has 0 unspecified atom stereocenters. The van der Waals surface area contributed by atoms with Crippen LogP contribution in [0.25, 0.3) is 6.08 Å². The van der Waals surface area contributed by atoms with Gasteiger partial charge in [-0.15, -0.1) is 10.2 Å². The number of aryl methyl sites for hydroxylation is 1. The summed E-state index contributed by atoms with van der Waals surface area (Å²) in [5.41, 5.74) is 1.97. The summed E-state index contributed by atoms with van der Waals surface area (Å²) in [6, 6.07) is 5.77. The third kappa shape index (κ3) is 5.42. The van der Waals surface area contributed by atoms with Crippen LogP contribution in [0, 0.1) is 6.92 Å². The number of nitrogens with zero attached hydrogens (tertiary/aromatic N) is 6. The molecule has 1 saturated heterocycles. The van der Waals surface area contributed by atoms with Crippen LogP contribution < -0.4 is 0 Å². The van der Waals surface area contributed by atoms with Gasteiger partial charge in [0, 0.05) is 42.3 Å². The van der Waals surface area contributed by atoms with E-state index in [1.165, 1.54) is 4.80 Å².